The number of carbonyl (C=O) groups excluding carboxylic acids is 1. The zero-order valence-corrected chi connectivity index (χ0v) is 18.6. The summed E-state index contributed by atoms with van der Waals surface area (Å²) in [6.07, 6.45) is -2.66. The van der Waals surface area contributed by atoms with Gasteiger partial charge >= 0.3 is 6.18 Å². The van der Waals surface area contributed by atoms with Crippen molar-refractivity contribution in [2.75, 3.05) is 33.3 Å². The number of carbonyl (C=O) groups is 1. The average Bonchev–Trinajstić information content (AvgIpc) is 3.14. The molecule has 2 aromatic rings. The van der Waals surface area contributed by atoms with Gasteiger partial charge < -0.3 is 14.9 Å². The third-order valence-corrected chi connectivity index (χ3v) is 6.51. The summed E-state index contributed by atoms with van der Waals surface area (Å²) in [5.74, 6) is -0.000409. The molecular formula is C25H31F3N2O2. The second-order valence-electron chi connectivity index (χ2n) is 8.61. The number of hydrogen-bond donors (Lipinski definition) is 1. The Balaban J connectivity index is 1.68. The first-order chi connectivity index (χ1) is 15.2. The van der Waals surface area contributed by atoms with Gasteiger partial charge in [-0.15, -0.1) is 0 Å². The van der Waals surface area contributed by atoms with Crippen LogP contribution in [0.15, 0.2) is 54.6 Å². The van der Waals surface area contributed by atoms with Gasteiger partial charge in [-0.25, -0.2) is 0 Å². The predicted molar refractivity (Wildman–Crippen MR) is 118 cm³/mol. The zero-order chi connectivity index (χ0) is 23.3. The van der Waals surface area contributed by atoms with Crippen molar-refractivity contribution in [2.24, 2.45) is 11.8 Å². The second-order valence-corrected chi connectivity index (χ2v) is 8.61. The quantitative estimate of drug-likeness (QED) is 0.654. The Hall–Kier alpha value is -2.38. The molecule has 1 fully saturated rings. The van der Waals surface area contributed by atoms with E-state index in [1.807, 2.05) is 25.2 Å². The normalized spacial score (nSPS) is 21.3. The van der Waals surface area contributed by atoms with E-state index in [2.05, 4.69) is 24.0 Å². The molecule has 0 unspecified atom stereocenters. The molecule has 1 heterocycles. The summed E-state index contributed by atoms with van der Waals surface area (Å²) >= 11 is 0. The van der Waals surface area contributed by atoms with Crippen molar-refractivity contribution in [3.63, 3.8) is 0 Å². The molecule has 1 N–H and O–H groups in total. The van der Waals surface area contributed by atoms with E-state index in [4.69, 9.17) is 0 Å². The van der Waals surface area contributed by atoms with E-state index in [9.17, 15) is 23.1 Å². The summed E-state index contributed by atoms with van der Waals surface area (Å²) in [5, 5.41) is 10.1. The van der Waals surface area contributed by atoms with Crippen LogP contribution in [-0.2, 0) is 12.6 Å². The van der Waals surface area contributed by atoms with Crippen LogP contribution in [0, 0.1) is 11.8 Å². The van der Waals surface area contributed by atoms with E-state index in [-0.39, 0.29) is 36.0 Å². The maximum absolute atomic E-state index is 13.1. The first kappa shape index (κ1) is 24.3. The van der Waals surface area contributed by atoms with Crippen LogP contribution < -0.4 is 0 Å². The third kappa shape index (κ3) is 5.70. The molecule has 1 saturated heterocycles. The van der Waals surface area contributed by atoms with Crippen molar-refractivity contribution < 1.29 is 23.1 Å². The molecule has 174 valence electrons. The minimum absolute atomic E-state index is 0.101. The van der Waals surface area contributed by atoms with Crippen molar-refractivity contribution in [2.45, 2.75) is 32.0 Å². The smallest absolute Gasteiger partial charge is 0.394 e. The Kier molecular flexibility index (Phi) is 7.96. The molecule has 1 aliphatic rings. The van der Waals surface area contributed by atoms with Gasteiger partial charge in [0.15, 0.2) is 0 Å². The van der Waals surface area contributed by atoms with Crippen LogP contribution in [0.4, 0.5) is 13.2 Å². The van der Waals surface area contributed by atoms with Crippen LogP contribution in [0.25, 0.3) is 0 Å². The lowest BCUT2D eigenvalue weighted by Crippen LogP contribution is -2.43. The van der Waals surface area contributed by atoms with Gasteiger partial charge in [0.05, 0.1) is 18.2 Å². The maximum Gasteiger partial charge on any atom is 0.416 e. The summed E-state index contributed by atoms with van der Waals surface area (Å²) < 4.78 is 38.5. The fourth-order valence-corrected chi connectivity index (χ4v) is 4.62. The summed E-state index contributed by atoms with van der Waals surface area (Å²) in [5.41, 5.74) is 0.693. The number of likely N-dealkylation sites (tertiary alicyclic amines) is 1. The van der Waals surface area contributed by atoms with Gasteiger partial charge in [-0.3, -0.25) is 4.79 Å². The number of benzene rings is 2. The van der Waals surface area contributed by atoms with Gasteiger partial charge in [-0.2, -0.15) is 13.2 Å². The zero-order valence-electron chi connectivity index (χ0n) is 18.6. The molecule has 3 rings (SSSR count). The number of nitrogens with zero attached hydrogens (tertiary/aromatic N) is 2. The third-order valence-electron chi connectivity index (χ3n) is 6.51. The molecule has 0 bridgehead atoms. The molecule has 4 nitrogen and oxygen atoms in total. The standard InChI is InChI=1S/C25H31F3N2O2/c1-3-19-15-30(24(32)20-9-11-21(12-10-20)25(26,27)28)23(17-31)22(19)16-29(2)14-13-18-7-5-4-6-8-18/h4-12,19,22-23,31H,3,13-17H2,1-2H3/t19-,22-,23-/m1/s1. The number of amides is 1. The number of alkyl halides is 3. The number of aliphatic hydroxyl groups is 1. The first-order valence-electron chi connectivity index (χ1n) is 11.1. The molecule has 32 heavy (non-hydrogen) atoms. The summed E-state index contributed by atoms with van der Waals surface area (Å²) in [6, 6.07) is 14.2. The van der Waals surface area contributed by atoms with Gasteiger partial charge in [-0.1, -0.05) is 43.7 Å². The monoisotopic (exact) mass is 448 g/mol. The lowest BCUT2D eigenvalue weighted by Gasteiger charge is -2.30. The summed E-state index contributed by atoms with van der Waals surface area (Å²) in [4.78, 5) is 17.0. The first-order valence-corrected chi connectivity index (χ1v) is 11.1. The predicted octanol–water partition coefficient (Wildman–Crippen LogP) is 4.34. The Bertz CT molecular complexity index is 871. The van der Waals surface area contributed by atoms with Gasteiger partial charge in [0, 0.05) is 25.2 Å². The van der Waals surface area contributed by atoms with Crippen molar-refractivity contribution in [1.29, 1.82) is 0 Å². The molecule has 0 radical (unpaired) electrons. The minimum atomic E-state index is -4.44. The van der Waals surface area contributed by atoms with Crippen molar-refractivity contribution in [3.8, 4) is 0 Å². The molecule has 1 aliphatic heterocycles. The minimum Gasteiger partial charge on any atom is -0.394 e. The van der Waals surface area contributed by atoms with E-state index in [0.29, 0.717) is 6.54 Å². The van der Waals surface area contributed by atoms with Crippen LogP contribution in [-0.4, -0.2) is 60.1 Å². The largest absolute Gasteiger partial charge is 0.416 e. The highest BCUT2D eigenvalue weighted by molar-refractivity contribution is 5.94. The Morgan fingerprint density at radius 2 is 1.78 bits per heavy atom. The summed E-state index contributed by atoms with van der Waals surface area (Å²) in [6.45, 7) is 4.01. The van der Waals surface area contributed by atoms with E-state index in [0.717, 1.165) is 38.1 Å². The Labute approximate surface area is 187 Å². The fourth-order valence-electron chi connectivity index (χ4n) is 4.62. The highest BCUT2D eigenvalue weighted by atomic mass is 19.4. The lowest BCUT2D eigenvalue weighted by molar-refractivity contribution is -0.137. The highest BCUT2D eigenvalue weighted by Gasteiger charge is 2.43. The number of halogens is 3. The molecule has 0 saturated carbocycles. The lowest BCUT2D eigenvalue weighted by atomic mass is 9.88. The molecule has 0 aliphatic carbocycles. The Morgan fingerprint density at radius 1 is 1.12 bits per heavy atom. The molecule has 3 atom stereocenters. The number of hydrogen-bond acceptors (Lipinski definition) is 3. The molecule has 0 aromatic heterocycles. The topological polar surface area (TPSA) is 43.8 Å². The number of aliphatic hydroxyl groups excluding tert-OH is 1. The van der Waals surface area contributed by atoms with Crippen LogP contribution in [0.5, 0.6) is 0 Å². The fraction of sp³-hybridized carbons (Fsp3) is 0.480. The van der Waals surface area contributed by atoms with Gasteiger partial charge in [0.2, 0.25) is 0 Å². The van der Waals surface area contributed by atoms with Gasteiger partial charge in [0.25, 0.3) is 5.91 Å². The van der Waals surface area contributed by atoms with Gasteiger partial charge in [0.1, 0.15) is 0 Å². The maximum atomic E-state index is 13.1. The van der Waals surface area contributed by atoms with E-state index >= 15 is 0 Å². The SMILES string of the molecule is CC[C@@H]1CN(C(=O)c2ccc(C(F)(F)F)cc2)[C@H](CO)[C@@H]1CN(C)CCc1ccccc1. The van der Waals surface area contributed by atoms with Crippen molar-refractivity contribution >= 4 is 5.91 Å². The Morgan fingerprint density at radius 3 is 2.34 bits per heavy atom. The van der Waals surface area contributed by atoms with Crippen LogP contribution in [0.3, 0.4) is 0 Å². The summed E-state index contributed by atoms with van der Waals surface area (Å²) in [7, 11) is 2.05. The van der Waals surface area contributed by atoms with Crippen LogP contribution in [0.2, 0.25) is 0 Å². The average molecular weight is 449 g/mol. The molecular weight excluding hydrogens is 417 g/mol. The van der Waals surface area contributed by atoms with E-state index < -0.39 is 11.7 Å². The van der Waals surface area contributed by atoms with Crippen molar-refractivity contribution in [3.05, 3.63) is 71.3 Å². The second kappa shape index (κ2) is 10.5. The number of likely N-dealkylation sites (N-methyl/N-ethyl adjacent to an activating group) is 1. The van der Waals surface area contributed by atoms with Crippen molar-refractivity contribution in [1.82, 2.24) is 9.80 Å². The van der Waals surface area contributed by atoms with Crippen LogP contribution >= 0.6 is 0 Å². The highest BCUT2D eigenvalue weighted by Crippen LogP contribution is 2.34. The molecule has 1 amide bonds. The number of rotatable bonds is 8. The molecule has 2 aromatic carbocycles. The van der Waals surface area contributed by atoms with E-state index in [1.54, 1.807) is 4.90 Å². The van der Waals surface area contributed by atoms with Crippen LogP contribution in [0.1, 0.15) is 34.8 Å². The van der Waals surface area contributed by atoms with E-state index in [1.165, 1.54) is 17.7 Å². The van der Waals surface area contributed by atoms with Gasteiger partial charge in [-0.05, 0) is 55.1 Å². The molecule has 7 heteroatoms. The molecule has 0 spiro atoms.